The summed E-state index contributed by atoms with van der Waals surface area (Å²) in [4.78, 5) is 4.20. The van der Waals surface area contributed by atoms with Crippen LogP contribution in [0.25, 0.3) is 0 Å². The number of aliphatic imine (C=N–C) groups is 1. The van der Waals surface area contributed by atoms with Crippen molar-refractivity contribution >= 4 is 5.96 Å². The van der Waals surface area contributed by atoms with E-state index in [1.807, 2.05) is 7.05 Å². The molecule has 0 aromatic heterocycles. The summed E-state index contributed by atoms with van der Waals surface area (Å²) in [6.45, 7) is 11.6. The molecule has 0 spiro atoms. The Labute approximate surface area is 112 Å². The molecule has 4 nitrogen and oxygen atoms in total. The lowest BCUT2D eigenvalue weighted by atomic mass is 9.78. The Bertz CT molecular complexity index is 271. The number of hydrogen-bond acceptors (Lipinski definition) is 2. The highest BCUT2D eigenvalue weighted by Crippen LogP contribution is 2.33. The molecule has 0 amide bonds. The second kappa shape index (κ2) is 6.98. The Morgan fingerprint density at radius 2 is 2.06 bits per heavy atom. The summed E-state index contributed by atoms with van der Waals surface area (Å²) in [6, 6.07) is 0. The Morgan fingerprint density at radius 1 is 1.33 bits per heavy atom. The Morgan fingerprint density at radius 3 is 2.61 bits per heavy atom. The minimum atomic E-state index is 0.203. The van der Waals surface area contributed by atoms with E-state index in [4.69, 9.17) is 4.74 Å². The summed E-state index contributed by atoms with van der Waals surface area (Å²) < 4.78 is 5.98. The van der Waals surface area contributed by atoms with Crippen LogP contribution in [0.1, 0.15) is 40.5 Å². The summed E-state index contributed by atoms with van der Waals surface area (Å²) in [5.74, 6) is 1.45. The van der Waals surface area contributed by atoms with Crippen molar-refractivity contribution in [3.63, 3.8) is 0 Å². The first-order valence-corrected chi connectivity index (χ1v) is 7.05. The van der Waals surface area contributed by atoms with Crippen LogP contribution in [0.5, 0.6) is 0 Å². The van der Waals surface area contributed by atoms with Crippen LogP contribution < -0.4 is 10.6 Å². The Kier molecular flexibility index (Phi) is 5.93. The molecule has 18 heavy (non-hydrogen) atoms. The van der Waals surface area contributed by atoms with E-state index in [9.17, 15) is 0 Å². The van der Waals surface area contributed by atoms with E-state index < -0.39 is 0 Å². The van der Waals surface area contributed by atoms with Crippen molar-refractivity contribution in [2.75, 3.05) is 26.7 Å². The minimum Gasteiger partial charge on any atom is -0.377 e. The van der Waals surface area contributed by atoms with Gasteiger partial charge in [-0.3, -0.25) is 4.99 Å². The van der Waals surface area contributed by atoms with Crippen LogP contribution in [-0.2, 0) is 4.74 Å². The monoisotopic (exact) mass is 255 g/mol. The number of rotatable bonds is 3. The molecule has 1 aliphatic rings. The normalized spacial score (nSPS) is 25.9. The van der Waals surface area contributed by atoms with Gasteiger partial charge < -0.3 is 15.4 Å². The van der Waals surface area contributed by atoms with Gasteiger partial charge in [-0.25, -0.2) is 0 Å². The number of ether oxygens (including phenoxy) is 1. The quantitative estimate of drug-likeness (QED) is 0.599. The van der Waals surface area contributed by atoms with Crippen LogP contribution in [0, 0.1) is 11.3 Å². The summed E-state index contributed by atoms with van der Waals surface area (Å²) in [5.41, 5.74) is 0.203. The lowest BCUT2D eigenvalue weighted by Crippen LogP contribution is -2.47. The first-order valence-electron chi connectivity index (χ1n) is 7.05. The molecule has 106 valence electrons. The summed E-state index contributed by atoms with van der Waals surface area (Å²) in [7, 11) is 1.81. The molecule has 2 unspecified atom stereocenters. The van der Waals surface area contributed by atoms with E-state index in [-0.39, 0.29) is 5.41 Å². The fourth-order valence-electron chi connectivity index (χ4n) is 2.63. The lowest BCUT2D eigenvalue weighted by molar-refractivity contribution is -0.0835. The maximum atomic E-state index is 5.98. The zero-order valence-electron chi connectivity index (χ0n) is 12.5. The molecule has 4 heteroatoms. The van der Waals surface area contributed by atoms with Crippen molar-refractivity contribution in [1.82, 2.24) is 10.6 Å². The molecular weight excluding hydrogens is 226 g/mol. The molecule has 1 fully saturated rings. The molecule has 1 rings (SSSR count). The van der Waals surface area contributed by atoms with Gasteiger partial charge in [-0.2, -0.15) is 0 Å². The number of hydrogen-bond donors (Lipinski definition) is 2. The van der Waals surface area contributed by atoms with Gasteiger partial charge in [0, 0.05) is 32.7 Å². The van der Waals surface area contributed by atoms with E-state index in [0.29, 0.717) is 12.0 Å². The predicted molar refractivity (Wildman–Crippen MR) is 77.0 cm³/mol. The van der Waals surface area contributed by atoms with Crippen molar-refractivity contribution in [3.8, 4) is 0 Å². The molecule has 2 N–H and O–H groups in total. The molecule has 0 radical (unpaired) electrons. The van der Waals surface area contributed by atoms with E-state index in [0.717, 1.165) is 25.7 Å². The van der Waals surface area contributed by atoms with Crippen molar-refractivity contribution in [3.05, 3.63) is 0 Å². The number of nitrogens with zero attached hydrogens (tertiary/aromatic N) is 1. The van der Waals surface area contributed by atoms with E-state index >= 15 is 0 Å². The zero-order valence-corrected chi connectivity index (χ0v) is 12.5. The fourth-order valence-corrected chi connectivity index (χ4v) is 2.63. The third-order valence-corrected chi connectivity index (χ3v) is 3.40. The second-order valence-electron chi connectivity index (χ2n) is 6.04. The average Bonchev–Trinajstić information content (AvgIpc) is 2.33. The first-order chi connectivity index (χ1) is 8.49. The molecule has 1 aliphatic heterocycles. The van der Waals surface area contributed by atoms with Gasteiger partial charge in [0.2, 0.25) is 0 Å². The summed E-state index contributed by atoms with van der Waals surface area (Å²) in [5, 5.41) is 6.62. The van der Waals surface area contributed by atoms with Crippen LogP contribution in [0.2, 0.25) is 0 Å². The van der Waals surface area contributed by atoms with Crippen LogP contribution in [0.4, 0.5) is 0 Å². The SMILES string of the molecule is CCNC(=NC)NCC1CCCOC1C(C)(C)C. The van der Waals surface area contributed by atoms with Crippen LogP contribution >= 0.6 is 0 Å². The molecule has 0 bridgehead atoms. The molecule has 0 aromatic carbocycles. The van der Waals surface area contributed by atoms with Gasteiger partial charge >= 0.3 is 0 Å². The first kappa shape index (κ1) is 15.3. The van der Waals surface area contributed by atoms with E-state index in [2.05, 4.69) is 43.3 Å². The highest BCUT2D eigenvalue weighted by atomic mass is 16.5. The van der Waals surface area contributed by atoms with E-state index in [1.54, 1.807) is 0 Å². The summed E-state index contributed by atoms with van der Waals surface area (Å²) >= 11 is 0. The highest BCUT2D eigenvalue weighted by molar-refractivity contribution is 5.79. The van der Waals surface area contributed by atoms with Gasteiger partial charge in [0.15, 0.2) is 5.96 Å². The average molecular weight is 255 g/mol. The standard InChI is InChI=1S/C14H29N3O/c1-6-16-13(15-5)17-10-11-8-7-9-18-12(11)14(2,3)4/h11-12H,6-10H2,1-5H3,(H2,15,16,17). The third kappa shape index (κ3) is 4.48. The van der Waals surface area contributed by atoms with E-state index in [1.165, 1.54) is 12.8 Å². The molecule has 0 aliphatic carbocycles. The van der Waals surface area contributed by atoms with Crippen molar-refractivity contribution in [2.45, 2.75) is 46.6 Å². The topological polar surface area (TPSA) is 45.7 Å². The predicted octanol–water partition coefficient (Wildman–Crippen LogP) is 2.01. The fraction of sp³-hybridized carbons (Fsp3) is 0.929. The van der Waals surface area contributed by atoms with Crippen LogP contribution in [0.3, 0.4) is 0 Å². The Balaban J connectivity index is 2.52. The van der Waals surface area contributed by atoms with Gasteiger partial charge in [-0.1, -0.05) is 20.8 Å². The van der Waals surface area contributed by atoms with Gasteiger partial charge in [-0.15, -0.1) is 0 Å². The molecule has 2 atom stereocenters. The third-order valence-electron chi connectivity index (χ3n) is 3.40. The summed E-state index contributed by atoms with van der Waals surface area (Å²) in [6.07, 6.45) is 2.73. The maximum Gasteiger partial charge on any atom is 0.190 e. The number of guanidine groups is 1. The minimum absolute atomic E-state index is 0.203. The van der Waals surface area contributed by atoms with Crippen molar-refractivity contribution in [1.29, 1.82) is 0 Å². The molecular formula is C14H29N3O. The van der Waals surface area contributed by atoms with Gasteiger partial charge in [-0.05, 0) is 25.2 Å². The Hall–Kier alpha value is -0.770. The molecule has 1 heterocycles. The molecule has 1 saturated heterocycles. The van der Waals surface area contributed by atoms with Crippen molar-refractivity contribution < 1.29 is 4.74 Å². The van der Waals surface area contributed by atoms with Crippen molar-refractivity contribution in [2.24, 2.45) is 16.3 Å². The van der Waals surface area contributed by atoms with Gasteiger partial charge in [0.1, 0.15) is 0 Å². The zero-order chi connectivity index (χ0) is 13.6. The number of nitrogens with one attached hydrogen (secondary N) is 2. The molecule has 0 saturated carbocycles. The largest absolute Gasteiger partial charge is 0.377 e. The van der Waals surface area contributed by atoms with Gasteiger partial charge in [0.25, 0.3) is 0 Å². The lowest BCUT2D eigenvalue weighted by Gasteiger charge is -2.40. The highest BCUT2D eigenvalue weighted by Gasteiger charge is 2.35. The van der Waals surface area contributed by atoms with Crippen LogP contribution in [-0.4, -0.2) is 38.8 Å². The second-order valence-corrected chi connectivity index (χ2v) is 6.04. The van der Waals surface area contributed by atoms with Crippen LogP contribution in [0.15, 0.2) is 4.99 Å². The van der Waals surface area contributed by atoms with Gasteiger partial charge in [0.05, 0.1) is 6.10 Å². The smallest absolute Gasteiger partial charge is 0.190 e. The maximum absolute atomic E-state index is 5.98. The molecule has 0 aromatic rings.